The van der Waals surface area contributed by atoms with Crippen molar-refractivity contribution in [1.82, 2.24) is 0 Å². The zero-order valence-electron chi connectivity index (χ0n) is 22.6. The SMILES string of the molecule is CCCCC.CS(=O)(=O)[O-].CS(=O)(=O)[O-].[Na+].[Na+].c1ccc2ccccc2c1.c1ccc2ccccc2c1. The molecule has 6 nitrogen and oxygen atoms in total. The van der Waals surface area contributed by atoms with Gasteiger partial charge in [-0.2, -0.15) is 0 Å². The summed E-state index contributed by atoms with van der Waals surface area (Å²) in [5.41, 5.74) is 0. The fourth-order valence-electron chi connectivity index (χ4n) is 2.62. The Hall–Kier alpha value is -0.780. The van der Waals surface area contributed by atoms with E-state index in [4.69, 9.17) is 25.9 Å². The molecule has 0 aromatic heterocycles. The van der Waals surface area contributed by atoms with Gasteiger partial charge in [-0.1, -0.05) is 130 Å². The molecule has 192 valence electrons. The standard InChI is InChI=1S/2C10H8.C5H12.2CH4O3S.2Na/c2*1-2-6-10-8-4-3-7-9(10)5-1;1-3-5-4-2;2*1-5(2,3)4;;/h2*1-8H;3-5H2,1-2H3;2*1H3,(H,2,3,4);;/q;;;;;2*+1/p-2. The minimum absolute atomic E-state index is 0. The van der Waals surface area contributed by atoms with Crippen molar-refractivity contribution in [3.05, 3.63) is 97.1 Å². The molecule has 0 aliphatic heterocycles. The third-order valence-electron chi connectivity index (χ3n) is 4.02. The van der Waals surface area contributed by atoms with E-state index in [1.54, 1.807) is 0 Å². The molecule has 0 aliphatic rings. The summed E-state index contributed by atoms with van der Waals surface area (Å²) in [6.07, 6.45) is 5.28. The Balaban J connectivity index is -0.000000405. The van der Waals surface area contributed by atoms with Crippen molar-refractivity contribution >= 4 is 41.8 Å². The van der Waals surface area contributed by atoms with E-state index in [0.717, 1.165) is 0 Å². The van der Waals surface area contributed by atoms with Crippen LogP contribution in [0.1, 0.15) is 33.1 Å². The monoisotopic (exact) mass is 564 g/mol. The normalized spacial score (nSPS) is 9.68. The molecule has 10 heteroatoms. The van der Waals surface area contributed by atoms with E-state index in [9.17, 15) is 0 Å². The van der Waals surface area contributed by atoms with Gasteiger partial charge in [0.1, 0.15) is 0 Å². The topological polar surface area (TPSA) is 114 Å². The zero-order chi connectivity index (χ0) is 26.7. The molecule has 0 aliphatic carbocycles. The van der Waals surface area contributed by atoms with Gasteiger partial charge in [0.05, 0.1) is 20.2 Å². The summed E-state index contributed by atoms with van der Waals surface area (Å²) in [6.45, 7) is 4.42. The molecule has 0 radical (unpaired) electrons. The summed E-state index contributed by atoms with van der Waals surface area (Å²) in [5.74, 6) is 0. The van der Waals surface area contributed by atoms with E-state index in [1.165, 1.54) is 40.8 Å². The summed E-state index contributed by atoms with van der Waals surface area (Å²) in [6, 6.07) is 33.4. The first-order valence-electron chi connectivity index (χ1n) is 11.0. The second-order valence-corrected chi connectivity index (χ2v) is 10.3. The van der Waals surface area contributed by atoms with E-state index < -0.39 is 20.2 Å². The van der Waals surface area contributed by atoms with Crippen LogP contribution in [0.15, 0.2) is 97.1 Å². The molecular weight excluding hydrogens is 530 g/mol. The van der Waals surface area contributed by atoms with Crippen LogP contribution < -0.4 is 59.1 Å². The number of hydrogen-bond acceptors (Lipinski definition) is 6. The van der Waals surface area contributed by atoms with Crippen LogP contribution in [0.25, 0.3) is 21.5 Å². The van der Waals surface area contributed by atoms with Crippen LogP contribution >= 0.6 is 0 Å². The molecule has 0 saturated carbocycles. The minimum Gasteiger partial charge on any atom is -0.748 e. The van der Waals surface area contributed by atoms with Crippen LogP contribution in [0.4, 0.5) is 0 Å². The fraction of sp³-hybridized carbons (Fsp3) is 0.259. The largest absolute Gasteiger partial charge is 1.00 e. The van der Waals surface area contributed by atoms with E-state index >= 15 is 0 Å². The molecule has 4 aromatic carbocycles. The summed E-state index contributed by atoms with van der Waals surface area (Å²) >= 11 is 0. The molecule has 4 rings (SSSR count). The van der Waals surface area contributed by atoms with Crippen LogP contribution in [0, 0.1) is 0 Å². The molecule has 0 spiro atoms. The van der Waals surface area contributed by atoms with Gasteiger partial charge in [0, 0.05) is 12.5 Å². The first-order chi connectivity index (χ1) is 16.3. The first kappa shape index (κ1) is 40.7. The van der Waals surface area contributed by atoms with E-state index in [1.807, 2.05) is 0 Å². The van der Waals surface area contributed by atoms with Crippen LogP contribution in [0.2, 0.25) is 0 Å². The molecule has 0 fully saturated rings. The van der Waals surface area contributed by atoms with Crippen LogP contribution in [0.5, 0.6) is 0 Å². The molecule has 0 atom stereocenters. The van der Waals surface area contributed by atoms with Gasteiger partial charge < -0.3 is 9.11 Å². The molecule has 0 N–H and O–H groups in total. The molecule has 37 heavy (non-hydrogen) atoms. The van der Waals surface area contributed by atoms with Gasteiger partial charge in [0.2, 0.25) is 0 Å². The van der Waals surface area contributed by atoms with Gasteiger partial charge >= 0.3 is 59.1 Å². The van der Waals surface area contributed by atoms with Crippen molar-refractivity contribution in [2.24, 2.45) is 0 Å². The first-order valence-corrected chi connectivity index (χ1v) is 14.7. The quantitative estimate of drug-likeness (QED) is 0.254. The Morgan fingerprint density at radius 3 is 0.703 bits per heavy atom. The summed E-state index contributed by atoms with van der Waals surface area (Å²) in [5, 5.41) is 5.24. The van der Waals surface area contributed by atoms with Crippen LogP contribution in [-0.2, 0) is 20.2 Å². The number of fused-ring (bicyclic) bond motifs is 2. The molecule has 0 unspecified atom stereocenters. The van der Waals surface area contributed by atoms with Crippen molar-refractivity contribution < 1.29 is 85.1 Å². The van der Waals surface area contributed by atoms with E-state index in [-0.39, 0.29) is 59.1 Å². The predicted molar refractivity (Wildman–Crippen MR) is 144 cm³/mol. The number of unbranched alkanes of at least 4 members (excludes halogenated alkanes) is 2. The van der Waals surface area contributed by atoms with Crippen LogP contribution in [0.3, 0.4) is 0 Å². The number of hydrogen-bond donors (Lipinski definition) is 0. The predicted octanol–water partition coefficient (Wildman–Crippen LogP) is 0.207. The van der Waals surface area contributed by atoms with Gasteiger partial charge in [0.15, 0.2) is 0 Å². The summed E-state index contributed by atoms with van der Waals surface area (Å²) in [7, 11) is -7.83. The van der Waals surface area contributed by atoms with Gasteiger partial charge in [0.25, 0.3) is 0 Å². The Morgan fingerprint density at radius 1 is 0.486 bits per heavy atom. The Morgan fingerprint density at radius 2 is 0.622 bits per heavy atom. The van der Waals surface area contributed by atoms with Gasteiger partial charge in [-0.3, -0.25) is 0 Å². The minimum atomic E-state index is -3.92. The van der Waals surface area contributed by atoms with Crippen molar-refractivity contribution in [3.63, 3.8) is 0 Å². The molecule has 0 saturated heterocycles. The van der Waals surface area contributed by atoms with Crippen molar-refractivity contribution in [2.45, 2.75) is 33.1 Å². The second-order valence-electron chi connectivity index (χ2n) is 7.46. The maximum atomic E-state index is 9.08. The van der Waals surface area contributed by atoms with Crippen LogP contribution in [-0.4, -0.2) is 38.5 Å². The summed E-state index contributed by atoms with van der Waals surface area (Å²) < 4.78 is 54.5. The molecule has 0 heterocycles. The van der Waals surface area contributed by atoms with E-state index in [0.29, 0.717) is 12.5 Å². The van der Waals surface area contributed by atoms with Crippen molar-refractivity contribution in [1.29, 1.82) is 0 Å². The van der Waals surface area contributed by atoms with Gasteiger partial charge in [-0.05, 0) is 21.5 Å². The van der Waals surface area contributed by atoms with Crippen molar-refractivity contribution in [2.75, 3.05) is 12.5 Å². The molecule has 4 aromatic rings. The van der Waals surface area contributed by atoms with E-state index in [2.05, 4.69) is 111 Å². The van der Waals surface area contributed by atoms with Gasteiger partial charge in [-0.15, -0.1) is 0 Å². The maximum absolute atomic E-state index is 9.08. The maximum Gasteiger partial charge on any atom is 1.00 e. The third kappa shape index (κ3) is 28.1. The second kappa shape index (κ2) is 23.1. The number of benzene rings is 4. The third-order valence-corrected chi connectivity index (χ3v) is 4.02. The zero-order valence-corrected chi connectivity index (χ0v) is 28.3. The Kier molecular flexibility index (Phi) is 25.5. The molecule has 0 bridgehead atoms. The Labute approximate surface area is 267 Å². The summed E-state index contributed by atoms with van der Waals surface area (Å²) in [4.78, 5) is 0. The average molecular weight is 565 g/mol. The smallest absolute Gasteiger partial charge is 0.748 e. The van der Waals surface area contributed by atoms with Crippen molar-refractivity contribution in [3.8, 4) is 0 Å². The Bertz CT molecular complexity index is 1080. The molecular formula is C27H34Na2O6S2. The fourth-order valence-corrected chi connectivity index (χ4v) is 2.62. The number of rotatable bonds is 2. The average Bonchev–Trinajstić information content (AvgIpc) is 2.78. The molecule has 0 amide bonds. The van der Waals surface area contributed by atoms with Gasteiger partial charge in [-0.25, -0.2) is 16.8 Å².